The SMILES string of the molecule is O=C(NCc1cccc(C(F)(F)F)c1)[C@H](CCC(=O)N1CCN(C2CCCCC2)CC1)N1C(=O)C(N2C(=O)OC[C@@H]2c2ccccc2)C1CCc1ccccc1. The number of rotatable bonds is 13. The van der Waals surface area contributed by atoms with Gasteiger partial charge in [0.05, 0.1) is 17.6 Å². The Morgan fingerprint density at radius 1 is 0.839 bits per heavy atom. The van der Waals surface area contributed by atoms with Crippen LogP contribution in [0.5, 0.6) is 0 Å². The van der Waals surface area contributed by atoms with Gasteiger partial charge in [-0.05, 0) is 60.9 Å². The number of hydrogen-bond donors (Lipinski definition) is 1. The second-order valence-corrected chi connectivity index (χ2v) is 15.4. The second-order valence-electron chi connectivity index (χ2n) is 15.4. The molecule has 1 aliphatic carbocycles. The molecule has 4 aliphatic rings. The molecule has 56 heavy (non-hydrogen) atoms. The highest BCUT2D eigenvalue weighted by atomic mass is 19.4. The van der Waals surface area contributed by atoms with E-state index in [4.69, 9.17) is 4.74 Å². The van der Waals surface area contributed by atoms with E-state index in [1.54, 1.807) is 0 Å². The summed E-state index contributed by atoms with van der Waals surface area (Å²) in [5.41, 5.74) is 1.25. The van der Waals surface area contributed by atoms with Crippen LogP contribution in [0, 0.1) is 0 Å². The van der Waals surface area contributed by atoms with Crippen LogP contribution in [-0.4, -0.2) is 100 Å². The first kappa shape index (κ1) is 39.3. The predicted molar refractivity (Wildman–Crippen MR) is 203 cm³/mol. The molecule has 4 amide bonds. The summed E-state index contributed by atoms with van der Waals surface area (Å²) in [6.07, 6.45) is 1.92. The fourth-order valence-corrected chi connectivity index (χ4v) is 8.93. The molecule has 10 nitrogen and oxygen atoms in total. The van der Waals surface area contributed by atoms with E-state index in [1.807, 2.05) is 65.6 Å². The molecule has 1 N–H and O–H groups in total. The van der Waals surface area contributed by atoms with Crippen LogP contribution in [0.3, 0.4) is 0 Å². The van der Waals surface area contributed by atoms with Crippen molar-refractivity contribution in [2.75, 3.05) is 32.8 Å². The maximum absolute atomic E-state index is 14.5. The molecule has 4 fully saturated rings. The Balaban J connectivity index is 1.12. The van der Waals surface area contributed by atoms with Gasteiger partial charge in [-0.2, -0.15) is 13.2 Å². The van der Waals surface area contributed by atoms with Crippen molar-refractivity contribution in [1.82, 2.24) is 24.9 Å². The van der Waals surface area contributed by atoms with Crippen LogP contribution in [-0.2, 0) is 38.3 Å². The molecule has 3 saturated heterocycles. The van der Waals surface area contributed by atoms with Gasteiger partial charge in [-0.15, -0.1) is 0 Å². The Labute approximate surface area is 325 Å². The maximum Gasteiger partial charge on any atom is 0.416 e. The van der Waals surface area contributed by atoms with Crippen LogP contribution in [0.4, 0.5) is 18.0 Å². The lowest BCUT2D eigenvalue weighted by Crippen LogP contribution is -2.74. The number of nitrogens with one attached hydrogen (secondary N) is 1. The summed E-state index contributed by atoms with van der Waals surface area (Å²) in [6.45, 7) is 2.63. The Morgan fingerprint density at radius 3 is 2.21 bits per heavy atom. The first-order valence-corrected chi connectivity index (χ1v) is 19.9. The molecule has 3 aromatic rings. The third kappa shape index (κ3) is 8.88. The number of amides is 4. The van der Waals surface area contributed by atoms with Crippen LogP contribution < -0.4 is 5.32 Å². The predicted octanol–water partition coefficient (Wildman–Crippen LogP) is 6.35. The molecule has 0 radical (unpaired) electrons. The second kappa shape index (κ2) is 17.5. The smallest absolute Gasteiger partial charge is 0.416 e. The highest BCUT2D eigenvalue weighted by Gasteiger charge is 2.58. The zero-order valence-electron chi connectivity index (χ0n) is 31.5. The fourth-order valence-electron chi connectivity index (χ4n) is 8.93. The van der Waals surface area contributed by atoms with Crippen molar-refractivity contribution in [2.45, 2.75) is 101 Å². The van der Waals surface area contributed by atoms with Gasteiger partial charge in [-0.25, -0.2) is 4.79 Å². The summed E-state index contributed by atoms with van der Waals surface area (Å²) in [4.78, 5) is 63.1. The highest BCUT2D eigenvalue weighted by molar-refractivity contribution is 5.97. The van der Waals surface area contributed by atoms with Gasteiger partial charge in [-0.3, -0.25) is 24.2 Å². The molecular formula is C43H50F3N5O5. The number of aryl methyl sites for hydroxylation is 1. The average Bonchev–Trinajstić information content (AvgIpc) is 3.60. The van der Waals surface area contributed by atoms with Crippen LogP contribution in [0.1, 0.15) is 79.7 Å². The molecule has 1 saturated carbocycles. The molecular weight excluding hydrogens is 723 g/mol. The van der Waals surface area contributed by atoms with Gasteiger partial charge in [0.25, 0.3) is 0 Å². The average molecular weight is 774 g/mol. The number of carbonyl (C=O) groups excluding carboxylic acids is 4. The van der Waals surface area contributed by atoms with Crippen molar-refractivity contribution >= 4 is 23.8 Å². The van der Waals surface area contributed by atoms with E-state index < -0.39 is 53.8 Å². The molecule has 0 spiro atoms. The number of likely N-dealkylation sites (tertiary alicyclic amines) is 1. The number of halogens is 3. The minimum absolute atomic E-state index is 0.00330. The van der Waals surface area contributed by atoms with E-state index in [-0.39, 0.29) is 37.5 Å². The van der Waals surface area contributed by atoms with Crippen LogP contribution in [0.15, 0.2) is 84.9 Å². The summed E-state index contributed by atoms with van der Waals surface area (Å²) in [5.74, 6) is -1.12. The molecule has 13 heteroatoms. The first-order valence-electron chi connectivity index (χ1n) is 19.9. The Bertz CT molecular complexity index is 1830. The van der Waals surface area contributed by atoms with Gasteiger partial charge in [0.15, 0.2) is 0 Å². The molecule has 0 bridgehead atoms. The van der Waals surface area contributed by atoms with Crippen molar-refractivity contribution < 1.29 is 37.1 Å². The molecule has 3 heterocycles. The van der Waals surface area contributed by atoms with Crippen molar-refractivity contribution in [3.63, 3.8) is 0 Å². The molecule has 7 rings (SSSR count). The third-order valence-electron chi connectivity index (χ3n) is 11.9. The molecule has 2 unspecified atom stereocenters. The number of benzene rings is 3. The van der Waals surface area contributed by atoms with Gasteiger partial charge >= 0.3 is 12.3 Å². The van der Waals surface area contributed by atoms with Gasteiger partial charge < -0.3 is 19.9 Å². The lowest BCUT2D eigenvalue weighted by atomic mass is 9.84. The van der Waals surface area contributed by atoms with Crippen LogP contribution in [0.2, 0.25) is 0 Å². The number of piperazine rings is 1. The van der Waals surface area contributed by atoms with E-state index in [9.17, 15) is 32.3 Å². The first-order chi connectivity index (χ1) is 27.1. The molecule has 0 aromatic heterocycles. The lowest BCUT2D eigenvalue weighted by Gasteiger charge is -2.53. The summed E-state index contributed by atoms with van der Waals surface area (Å²) in [6, 6.07) is 21.2. The third-order valence-corrected chi connectivity index (χ3v) is 11.9. The summed E-state index contributed by atoms with van der Waals surface area (Å²) >= 11 is 0. The standard InChI is InChI=1S/C43H50F3N5O5/c44-43(45,46)33-16-10-13-31(27-33)28-47-40(53)36(21-22-38(52)49-25-23-48(24-26-49)34-17-8-3-9-18-34)50-35(20-19-30-11-4-1-5-12-30)39(41(50)54)51-37(29-56-42(51)55)32-14-6-2-7-15-32/h1-2,4-7,10-16,27,34-37,39H,3,8-9,17-26,28-29H2,(H,47,53)/t35?,36-,37+,39?/m0/s1. The van der Waals surface area contributed by atoms with E-state index in [0.29, 0.717) is 32.0 Å². The van der Waals surface area contributed by atoms with Gasteiger partial charge in [-0.1, -0.05) is 92.1 Å². The monoisotopic (exact) mass is 773 g/mol. The fraction of sp³-hybridized carbons (Fsp3) is 0.488. The Morgan fingerprint density at radius 2 is 1.52 bits per heavy atom. The van der Waals surface area contributed by atoms with Gasteiger partial charge in [0.2, 0.25) is 17.7 Å². The van der Waals surface area contributed by atoms with Crippen LogP contribution in [0.25, 0.3) is 0 Å². The number of nitrogens with zero attached hydrogens (tertiary/aromatic N) is 4. The number of ether oxygens (including phenoxy) is 1. The van der Waals surface area contributed by atoms with E-state index >= 15 is 0 Å². The number of carbonyl (C=O) groups is 4. The molecule has 3 aromatic carbocycles. The van der Waals surface area contributed by atoms with Gasteiger partial charge in [0, 0.05) is 45.2 Å². The normalized spacial score (nSPS) is 22.8. The van der Waals surface area contributed by atoms with Crippen molar-refractivity contribution in [1.29, 1.82) is 0 Å². The van der Waals surface area contributed by atoms with Crippen molar-refractivity contribution in [3.8, 4) is 0 Å². The maximum atomic E-state index is 14.5. The summed E-state index contributed by atoms with van der Waals surface area (Å²) in [5, 5.41) is 2.78. The largest absolute Gasteiger partial charge is 0.447 e. The van der Waals surface area contributed by atoms with Crippen molar-refractivity contribution in [3.05, 3.63) is 107 Å². The molecule has 3 aliphatic heterocycles. The summed E-state index contributed by atoms with van der Waals surface area (Å²) < 4.78 is 46.0. The Hall–Kier alpha value is -4.91. The van der Waals surface area contributed by atoms with E-state index in [1.165, 1.54) is 54.0 Å². The number of hydrogen-bond acceptors (Lipinski definition) is 6. The number of cyclic esters (lactones) is 1. The topological polar surface area (TPSA) is 103 Å². The Kier molecular flexibility index (Phi) is 12.3. The molecule has 4 atom stereocenters. The van der Waals surface area contributed by atoms with Crippen molar-refractivity contribution in [2.24, 2.45) is 0 Å². The zero-order chi connectivity index (χ0) is 39.2. The number of β-lactam (4-membered cyclic amide) rings is 1. The van der Waals surface area contributed by atoms with E-state index in [0.717, 1.165) is 36.3 Å². The minimum atomic E-state index is -4.55. The quantitative estimate of drug-likeness (QED) is 0.203. The van der Waals surface area contributed by atoms with Gasteiger partial charge in [0.1, 0.15) is 18.7 Å². The van der Waals surface area contributed by atoms with E-state index in [2.05, 4.69) is 10.2 Å². The number of alkyl halides is 3. The lowest BCUT2D eigenvalue weighted by molar-refractivity contribution is -0.167. The molecule has 298 valence electrons. The zero-order valence-corrected chi connectivity index (χ0v) is 31.5. The van der Waals surface area contributed by atoms with Crippen LogP contribution >= 0.6 is 0 Å². The highest BCUT2D eigenvalue weighted by Crippen LogP contribution is 2.40. The summed E-state index contributed by atoms with van der Waals surface area (Å²) in [7, 11) is 0. The minimum Gasteiger partial charge on any atom is -0.447 e.